The third-order valence-corrected chi connectivity index (χ3v) is 2.91. The molecular formula is C11H22N2O2. The molecule has 4 heteroatoms. The van der Waals surface area contributed by atoms with Crippen molar-refractivity contribution >= 4 is 5.91 Å². The average molecular weight is 214 g/mol. The van der Waals surface area contributed by atoms with Crippen molar-refractivity contribution in [3.05, 3.63) is 0 Å². The fourth-order valence-electron chi connectivity index (χ4n) is 1.94. The molecule has 0 atom stereocenters. The Bertz CT molecular complexity index is 191. The largest absolute Gasteiger partial charge is 0.385 e. The Balaban J connectivity index is 2.24. The van der Waals surface area contributed by atoms with Crippen molar-refractivity contribution in [2.45, 2.75) is 19.3 Å². The Morgan fingerprint density at radius 2 is 2.13 bits per heavy atom. The van der Waals surface area contributed by atoms with Gasteiger partial charge in [0.2, 0.25) is 5.91 Å². The van der Waals surface area contributed by atoms with Crippen molar-refractivity contribution in [2.75, 3.05) is 40.4 Å². The molecule has 1 aliphatic rings. The maximum absolute atomic E-state index is 11.9. The van der Waals surface area contributed by atoms with E-state index < -0.39 is 0 Å². The number of amides is 1. The third kappa shape index (κ3) is 4.18. The van der Waals surface area contributed by atoms with Gasteiger partial charge in [0.15, 0.2) is 0 Å². The highest BCUT2D eigenvalue weighted by atomic mass is 16.5. The summed E-state index contributed by atoms with van der Waals surface area (Å²) in [7, 11) is 3.58. The van der Waals surface area contributed by atoms with Crippen LogP contribution in [0.25, 0.3) is 0 Å². The highest BCUT2D eigenvalue weighted by Crippen LogP contribution is 2.14. The van der Waals surface area contributed by atoms with Gasteiger partial charge in [0.1, 0.15) is 0 Å². The molecular weight excluding hydrogens is 192 g/mol. The van der Waals surface area contributed by atoms with E-state index >= 15 is 0 Å². The van der Waals surface area contributed by atoms with E-state index in [0.29, 0.717) is 5.91 Å². The quantitative estimate of drug-likeness (QED) is 0.677. The molecule has 0 spiro atoms. The molecule has 0 aliphatic carbocycles. The summed E-state index contributed by atoms with van der Waals surface area (Å²) >= 11 is 0. The number of methoxy groups -OCH3 is 1. The number of rotatable bonds is 5. The predicted octanol–water partition coefficient (Wildman–Crippen LogP) is 0.481. The maximum atomic E-state index is 11.9. The number of nitrogens with zero attached hydrogens (tertiary/aromatic N) is 1. The Kier molecular flexibility index (Phi) is 5.65. The first-order valence-electron chi connectivity index (χ1n) is 5.70. The highest BCUT2D eigenvalue weighted by molar-refractivity contribution is 5.78. The van der Waals surface area contributed by atoms with E-state index in [1.807, 2.05) is 11.9 Å². The molecule has 0 bridgehead atoms. The van der Waals surface area contributed by atoms with Crippen LogP contribution in [-0.4, -0.2) is 51.2 Å². The molecule has 0 aromatic rings. The summed E-state index contributed by atoms with van der Waals surface area (Å²) in [5.41, 5.74) is 0. The number of carbonyl (C=O) groups is 1. The molecule has 1 aliphatic heterocycles. The third-order valence-electron chi connectivity index (χ3n) is 2.91. The standard InChI is InChI=1S/C11H22N2O2/c1-13(8-3-9-15-2)11(14)10-4-6-12-7-5-10/h10,12H,3-9H2,1-2H3. The molecule has 1 rings (SSSR count). The summed E-state index contributed by atoms with van der Waals surface area (Å²) in [5.74, 6) is 0.534. The summed E-state index contributed by atoms with van der Waals surface area (Å²) in [6, 6.07) is 0. The van der Waals surface area contributed by atoms with Crippen LogP contribution >= 0.6 is 0 Å². The van der Waals surface area contributed by atoms with Gasteiger partial charge in [-0.3, -0.25) is 4.79 Å². The average Bonchev–Trinajstić information content (AvgIpc) is 2.29. The van der Waals surface area contributed by atoms with Gasteiger partial charge in [-0.25, -0.2) is 0 Å². The van der Waals surface area contributed by atoms with Crippen LogP contribution in [0.2, 0.25) is 0 Å². The SMILES string of the molecule is COCCCN(C)C(=O)C1CCNCC1. The molecule has 1 amide bonds. The van der Waals surface area contributed by atoms with Crippen LogP contribution in [0.1, 0.15) is 19.3 Å². The summed E-state index contributed by atoms with van der Waals surface area (Å²) in [6.07, 6.45) is 2.88. The van der Waals surface area contributed by atoms with Crippen LogP contribution in [0.15, 0.2) is 0 Å². The monoisotopic (exact) mass is 214 g/mol. The minimum atomic E-state index is 0.235. The van der Waals surface area contributed by atoms with E-state index in [4.69, 9.17) is 4.74 Å². The van der Waals surface area contributed by atoms with Crippen molar-refractivity contribution in [1.29, 1.82) is 0 Å². The molecule has 0 unspecified atom stereocenters. The lowest BCUT2D eigenvalue weighted by Crippen LogP contribution is -2.39. The van der Waals surface area contributed by atoms with Gasteiger partial charge in [-0.1, -0.05) is 0 Å². The van der Waals surface area contributed by atoms with Crippen LogP contribution in [0.3, 0.4) is 0 Å². The van der Waals surface area contributed by atoms with E-state index in [2.05, 4.69) is 5.32 Å². The molecule has 4 nitrogen and oxygen atoms in total. The minimum absolute atomic E-state index is 0.235. The lowest BCUT2D eigenvalue weighted by atomic mass is 9.97. The molecule has 1 saturated heterocycles. The van der Waals surface area contributed by atoms with Crippen molar-refractivity contribution in [3.8, 4) is 0 Å². The van der Waals surface area contributed by atoms with E-state index in [0.717, 1.165) is 45.5 Å². The number of ether oxygens (including phenoxy) is 1. The van der Waals surface area contributed by atoms with Gasteiger partial charge < -0.3 is 15.0 Å². The van der Waals surface area contributed by atoms with E-state index in [1.165, 1.54) is 0 Å². The molecule has 0 saturated carbocycles. The summed E-state index contributed by atoms with van der Waals surface area (Å²) < 4.78 is 4.97. The predicted molar refractivity (Wildman–Crippen MR) is 59.7 cm³/mol. The maximum Gasteiger partial charge on any atom is 0.225 e. The molecule has 1 fully saturated rings. The minimum Gasteiger partial charge on any atom is -0.385 e. The van der Waals surface area contributed by atoms with Gasteiger partial charge in [0.05, 0.1) is 0 Å². The van der Waals surface area contributed by atoms with E-state index in [1.54, 1.807) is 7.11 Å². The molecule has 15 heavy (non-hydrogen) atoms. The summed E-state index contributed by atoms with van der Waals surface area (Å²) in [4.78, 5) is 13.8. The molecule has 1 N–H and O–H groups in total. The first kappa shape index (κ1) is 12.5. The van der Waals surface area contributed by atoms with E-state index in [9.17, 15) is 4.79 Å². The Labute approximate surface area is 92.0 Å². The van der Waals surface area contributed by atoms with Gasteiger partial charge in [-0.2, -0.15) is 0 Å². The normalized spacial score (nSPS) is 17.7. The highest BCUT2D eigenvalue weighted by Gasteiger charge is 2.23. The van der Waals surface area contributed by atoms with Crippen LogP contribution in [-0.2, 0) is 9.53 Å². The Morgan fingerprint density at radius 1 is 1.47 bits per heavy atom. The Morgan fingerprint density at radius 3 is 2.73 bits per heavy atom. The topological polar surface area (TPSA) is 41.6 Å². The number of hydrogen-bond acceptors (Lipinski definition) is 3. The summed E-state index contributed by atoms with van der Waals surface area (Å²) in [6.45, 7) is 3.48. The number of piperidine rings is 1. The van der Waals surface area contributed by atoms with Gasteiger partial charge in [0, 0.05) is 33.2 Å². The number of carbonyl (C=O) groups excluding carboxylic acids is 1. The second-order valence-electron chi connectivity index (χ2n) is 4.13. The van der Waals surface area contributed by atoms with Crippen LogP contribution < -0.4 is 5.32 Å². The zero-order valence-corrected chi connectivity index (χ0v) is 9.79. The molecule has 0 radical (unpaired) electrons. The number of nitrogens with one attached hydrogen (secondary N) is 1. The first-order chi connectivity index (χ1) is 7.25. The smallest absolute Gasteiger partial charge is 0.225 e. The fourth-order valence-corrected chi connectivity index (χ4v) is 1.94. The molecule has 0 aromatic carbocycles. The van der Waals surface area contributed by atoms with Crippen LogP contribution in [0, 0.1) is 5.92 Å². The van der Waals surface area contributed by atoms with Crippen molar-refractivity contribution in [1.82, 2.24) is 10.2 Å². The van der Waals surface area contributed by atoms with Gasteiger partial charge in [0.25, 0.3) is 0 Å². The Hall–Kier alpha value is -0.610. The zero-order valence-electron chi connectivity index (χ0n) is 9.79. The van der Waals surface area contributed by atoms with Crippen molar-refractivity contribution in [3.63, 3.8) is 0 Å². The van der Waals surface area contributed by atoms with Gasteiger partial charge in [-0.05, 0) is 32.4 Å². The molecule has 0 aromatic heterocycles. The van der Waals surface area contributed by atoms with Crippen molar-refractivity contribution in [2.24, 2.45) is 5.92 Å². The summed E-state index contributed by atoms with van der Waals surface area (Å²) in [5, 5.41) is 3.27. The van der Waals surface area contributed by atoms with Crippen LogP contribution in [0.5, 0.6) is 0 Å². The van der Waals surface area contributed by atoms with Gasteiger partial charge in [-0.15, -0.1) is 0 Å². The van der Waals surface area contributed by atoms with Crippen LogP contribution in [0.4, 0.5) is 0 Å². The first-order valence-corrected chi connectivity index (χ1v) is 5.70. The van der Waals surface area contributed by atoms with Crippen molar-refractivity contribution < 1.29 is 9.53 Å². The lowest BCUT2D eigenvalue weighted by Gasteiger charge is -2.26. The second-order valence-corrected chi connectivity index (χ2v) is 4.13. The number of hydrogen-bond donors (Lipinski definition) is 1. The zero-order chi connectivity index (χ0) is 11.1. The second kappa shape index (κ2) is 6.80. The molecule has 88 valence electrons. The fraction of sp³-hybridized carbons (Fsp3) is 0.909. The lowest BCUT2D eigenvalue weighted by molar-refractivity contribution is -0.135. The van der Waals surface area contributed by atoms with E-state index in [-0.39, 0.29) is 5.92 Å². The molecule has 1 heterocycles. The van der Waals surface area contributed by atoms with Gasteiger partial charge >= 0.3 is 0 Å².